The number of nitrogens with two attached hydrogens (primary N) is 1. The largest absolute Gasteiger partial charge is 0.461 e. The van der Waals surface area contributed by atoms with Crippen molar-refractivity contribution in [3.05, 3.63) is 54.3 Å². The summed E-state index contributed by atoms with van der Waals surface area (Å²) in [6, 6.07) is 13.3. The molecule has 0 spiro atoms. The number of rotatable bonds is 9. The van der Waals surface area contributed by atoms with E-state index in [1.54, 1.807) is 34.9 Å². The van der Waals surface area contributed by atoms with Crippen molar-refractivity contribution in [3.63, 3.8) is 0 Å². The molecule has 1 atom stereocenters. The molecule has 152 valence electrons. The summed E-state index contributed by atoms with van der Waals surface area (Å²) in [6.45, 7) is 2.66. The van der Waals surface area contributed by atoms with Crippen molar-refractivity contribution >= 4 is 23.6 Å². The summed E-state index contributed by atoms with van der Waals surface area (Å²) in [7, 11) is 1.78. The van der Waals surface area contributed by atoms with Crippen LogP contribution in [-0.2, 0) is 22.7 Å². The number of nitrogens with zero attached hydrogens (tertiary/aromatic N) is 4. The maximum absolute atomic E-state index is 12.8. The molecule has 0 saturated heterocycles. The molecule has 8 nitrogen and oxygen atoms in total. The fourth-order valence-electron chi connectivity index (χ4n) is 2.84. The standard InChI is InChI=1S/C20H23N5O3S/c1-14(19(27)24(2)13-15-7-4-3-5-8-15)29-20-23-22-18(16-9-6-12-28-16)25(20)11-10-17(21)26/h3-9,12,14H,10-11,13H2,1-2H3,(H2,21,26). The molecule has 0 bridgehead atoms. The average molecular weight is 414 g/mol. The number of amides is 2. The summed E-state index contributed by atoms with van der Waals surface area (Å²) in [4.78, 5) is 25.8. The van der Waals surface area contributed by atoms with Crippen molar-refractivity contribution in [1.82, 2.24) is 19.7 Å². The van der Waals surface area contributed by atoms with E-state index in [9.17, 15) is 9.59 Å². The predicted octanol–water partition coefficient (Wildman–Crippen LogP) is 2.55. The van der Waals surface area contributed by atoms with Gasteiger partial charge in [-0.2, -0.15) is 0 Å². The van der Waals surface area contributed by atoms with Crippen LogP contribution in [0.5, 0.6) is 0 Å². The van der Waals surface area contributed by atoms with E-state index in [1.807, 2.05) is 37.3 Å². The molecule has 0 fully saturated rings. The van der Waals surface area contributed by atoms with E-state index >= 15 is 0 Å². The van der Waals surface area contributed by atoms with Crippen LogP contribution in [0.4, 0.5) is 0 Å². The van der Waals surface area contributed by atoms with Gasteiger partial charge in [0, 0.05) is 26.6 Å². The molecule has 2 amide bonds. The molecule has 2 aromatic heterocycles. The molecule has 9 heteroatoms. The molecule has 3 rings (SSSR count). The van der Waals surface area contributed by atoms with Crippen LogP contribution >= 0.6 is 11.8 Å². The van der Waals surface area contributed by atoms with Crippen LogP contribution in [0, 0.1) is 0 Å². The fourth-order valence-corrected chi connectivity index (χ4v) is 3.83. The number of benzene rings is 1. The number of hydrogen-bond donors (Lipinski definition) is 1. The maximum Gasteiger partial charge on any atom is 0.235 e. The van der Waals surface area contributed by atoms with Gasteiger partial charge in [-0.05, 0) is 24.6 Å². The molecule has 2 heterocycles. The van der Waals surface area contributed by atoms with Crippen LogP contribution in [0.3, 0.4) is 0 Å². The zero-order valence-electron chi connectivity index (χ0n) is 16.3. The van der Waals surface area contributed by atoms with E-state index in [-0.39, 0.29) is 17.6 Å². The molecular formula is C20H23N5O3S. The molecule has 1 aromatic carbocycles. The SMILES string of the molecule is CC(Sc1nnc(-c2ccco2)n1CCC(N)=O)C(=O)N(C)Cc1ccccc1. The number of carbonyl (C=O) groups excluding carboxylic acids is 2. The average Bonchev–Trinajstić information content (AvgIpc) is 3.36. The molecule has 29 heavy (non-hydrogen) atoms. The second-order valence-corrected chi connectivity index (χ2v) is 7.90. The van der Waals surface area contributed by atoms with Gasteiger partial charge in [-0.3, -0.25) is 14.2 Å². The lowest BCUT2D eigenvalue weighted by molar-refractivity contribution is -0.129. The van der Waals surface area contributed by atoms with Crippen molar-refractivity contribution in [2.75, 3.05) is 7.05 Å². The Hall–Kier alpha value is -3.07. The first-order valence-corrected chi connectivity index (χ1v) is 10.0. The van der Waals surface area contributed by atoms with E-state index in [0.717, 1.165) is 5.56 Å². The lowest BCUT2D eigenvalue weighted by Crippen LogP contribution is -2.33. The highest BCUT2D eigenvalue weighted by Crippen LogP contribution is 2.28. The van der Waals surface area contributed by atoms with Gasteiger partial charge in [0.05, 0.1) is 11.5 Å². The van der Waals surface area contributed by atoms with Gasteiger partial charge >= 0.3 is 0 Å². The van der Waals surface area contributed by atoms with Crippen molar-refractivity contribution in [3.8, 4) is 11.6 Å². The topological polar surface area (TPSA) is 107 Å². The van der Waals surface area contributed by atoms with E-state index in [2.05, 4.69) is 10.2 Å². The number of primary amides is 1. The van der Waals surface area contributed by atoms with Gasteiger partial charge in [0.1, 0.15) is 0 Å². The third kappa shape index (κ3) is 5.26. The summed E-state index contributed by atoms with van der Waals surface area (Å²) >= 11 is 1.29. The second kappa shape index (κ2) is 9.42. The Morgan fingerprint density at radius 1 is 1.21 bits per heavy atom. The highest BCUT2D eigenvalue weighted by atomic mass is 32.2. The quantitative estimate of drug-likeness (QED) is 0.540. The molecule has 0 saturated carbocycles. The number of furan rings is 1. The number of aromatic nitrogens is 3. The van der Waals surface area contributed by atoms with Crippen LogP contribution in [0.1, 0.15) is 18.9 Å². The Labute approximate surface area is 173 Å². The normalized spacial score (nSPS) is 11.9. The predicted molar refractivity (Wildman–Crippen MR) is 110 cm³/mol. The first-order chi connectivity index (χ1) is 14.0. The minimum Gasteiger partial charge on any atom is -0.461 e. The van der Waals surface area contributed by atoms with Crippen molar-refractivity contribution < 1.29 is 14.0 Å². The molecule has 0 aliphatic rings. The van der Waals surface area contributed by atoms with E-state index in [1.165, 1.54) is 11.8 Å². The Kier molecular flexibility index (Phi) is 6.71. The van der Waals surface area contributed by atoms with Crippen LogP contribution in [0.15, 0.2) is 58.3 Å². The first kappa shape index (κ1) is 20.7. The highest BCUT2D eigenvalue weighted by molar-refractivity contribution is 8.00. The summed E-state index contributed by atoms with van der Waals surface area (Å²) in [5.74, 6) is 0.583. The number of hydrogen-bond acceptors (Lipinski definition) is 6. The minimum absolute atomic E-state index is 0.0251. The van der Waals surface area contributed by atoms with Gasteiger partial charge in [0.2, 0.25) is 11.8 Å². The van der Waals surface area contributed by atoms with E-state index < -0.39 is 5.91 Å². The second-order valence-electron chi connectivity index (χ2n) is 6.59. The smallest absolute Gasteiger partial charge is 0.235 e. The third-order valence-corrected chi connectivity index (χ3v) is 5.38. The van der Waals surface area contributed by atoms with Crippen molar-refractivity contribution in [2.24, 2.45) is 5.73 Å². The summed E-state index contributed by atoms with van der Waals surface area (Å²) in [5, 5.41) is 8.54. The molecule has 0 aliphatic heterocycles. The number of thioether (sulfide) groups is 1. The summed E-state index contributed by atoms with van der Waals surface area (Å²) < 4.78 is 7.17. The highest BCUT2D eigenvalue weighted by Gasteiger charge is 2.24. The van der Waals surface area contributed by atoms with Crippen LogP contribution in [0.2, 0.25) is 0 Å². The monoisotopic (exact) mass is 413 g/mol. The zero-order valence-corrected chi connectivity index (χ0v) is 17.1. The van der Waals surface area contributed by atoms with Gasteiger partial charge in [-0.15, -0.1) is 10.2 Å². The first-order valence-electron chi connectivity index (χ1n) is 9.16. The van der Waals surface area contributed by atoms with Gasteiger partial charge in [0.25, 0.3) is 0 Å². The van der Waals surface area contributed by atoms with Crippen molar-refractivity contribution in [1.29, 1.82) is 0 Å². The molecule has 0 radical (unpaired) electrons. The molecule has 0 aliphatic carbocycles. The van der Waals surface area contributed by atoms with Gasteiger partial charge in [-0.1, -0.05) is 42.1 Å². The Bertz CT molecular complexity index is 956. The summed E-state index contributed by atoms with van der Waals surface area (Å²) in [5.41, 5.74) is 6.37. The van der Waals surface area contributed by atoms with Gasteiger partial charge in [0.15, 0.2) is 16.7 Å². The number of carbonyl (C=O) groups is 2. The Balaban J connectivity index is 1.74. The lowest BCUT2D eigenvalue weighted by Gasteiger charge is -2.21. The fraction of sp³-hybridized carbons (Fsp3) is 0.300. The van der Waals surface area contributed by atoms with Crippen molar-refractivity contribution in [2.45, 2.75) is 36.8 Å². The van der Waals surface area contributed by atoms with Crippen LogP contribution < -0.4 is 5.73 Å². The van der Waals surface area contributed by atoms with E-state index in [0.29, 0.717) is 29.8 Å². The maximum atomic E-state index is 12.8. The lowest BCUT2D eigenvalue weighted by atomic mass is 10.2. The summed E-state index contributed by atoms with van der Waals surface area (Å²) in [6.07, 6.45) is 1.68. The zero-order chi connectivity index (χ0) is 20.8. The van der Waals surface area contributed by atoms with Gasteiger partial charge in [-0.25, -0.2) is 0 Å². The van der Waals surface area contributed by atoms with Gasteiger partial charge < -0.3 is 15.1 Å². The van der Waals surface area contributed by atoms with Crippen LogP contribution in [-0.4, -0.2) is 43.8 Å². The minimum atomic E-state index is -0.424. The molecular weight excluding hydrogens is 390 g/mol. The Morgan fingerprint density at radius 2 is 1.97 bits per heavy atom. The Morgan fingerprint density at radius 3 is 2.62 bits per heavy atom. The molecule has 1 unspecified atom stereocenters. The van der Waals surface area contributed by atoms with Crippen LogP contribution in [0.25, 0.3) is 11.6 Å². The third-order valence-electron chi connectivity index (χ3n) is 4.31. The van der Waals surface area contributed by atoms with E-state index in [4.69, 9.17) is 10.2 Å². The molecule has 3 aromatic rings. The molecule has 2 N–H and O–H groups in total.